The lowest BCUT2D eigenvalue weighted by Crippen LogP contribution is -2.32. The highest BCUT2D eigenvalue weighted by atomic mass is 35.5. The summed E-state index contributed by atoms with van der Waals surface area (Å²) in [7, 11) is 0. The Morgan fingerprint density at radius 2 is 2.05 bits per heavy atom. The molecule has 5 heteroatoms. The van der Waals surface area contributed by atoms with Crippen LogP contribution in [0.25, 0.3) is 0 Å². The van der Waals surface area contributed by atoms with Crippen molar-refractivity contribution < 1.29 is 4.79 Å². The molecule has 1 aromatic carbocycles. The number of rotatable bonds is 2. The number of carbonyl (C=O) groups excluding carboxylic acids is 1. The number of nitrogens with one attached hydrogen (secondary N) is 1. The number of nitrogens with zero attached hydrogens (tertiary/aromatic N) is 1. The molecular formula is C16H15ClN2O2. The number of halogens is 1. The number of benzene rings is 1. The number of hydrogen-bond donors (Lipinski definition) is 1. The predicted molar refractivity (Wildman–Crippen MR) is 81.5 cm³/mol. The molecule has 0 bridgehead atoms. The molecule has 1 unspecified atom stereocenters. The average Bonchev–Trinajstić information content (AvgIpc) is 2.96. The van der Waals surface area contributed by atoms with E-state index in [1.54, 1.807) is 17.0 Å². The monoisotopic (exact) mass is 302 g/mol. The maximum atomic E-state index is 12.6. The van der Waals surface area contributed by atoms with Crippen LogP contribution in [0.3, 0.4) is 0 Å². The molecule has 0 aliphatic carbocycles. The van der Waals surface area contributed by atoms with Crippen LogP contribution in [0.2, 0.25) is 5.02 Å². The number of carbonyl (C=O) groups is 1. The molecule has 1 atom stereocenters. The van der Waals surface area contributed by atoms with Gasteiger partial charge >= 0.3 is 0 Å². The Kier molecular flexibility index (Phi) is 3.80. The van der Waals surface area contributed by atoms with Crippen LogP contribution in [0.5, 0.6) is 0 Å². The van der Waals surface area contributed by atoms with E-state index in [4.69, 9.17) is 11.6 Å². The summed E-state index contributed by atoms with van der Waals surface area (Å²) in [6, 6.07) is 12.2. The van der Waals surface area contributed by atoms with Gasteiger partial charge in [-0.3, -0.25) is 9.59 Å². The van der Waals surface area contributed by atoms with Gasteiger partial charge in [0.1, 0.15) is 5.69 Å². The minimum Gasteiger partial charge on any atom is -0.330 e. The third kappa shape index (κ3) is 2.85. The molecule has 0 spiro atoms. The maximum absolute atomic E-state index is 12.6. The Bertz CT molecular complexity index is 726. The standard InChI is InChI=1S/C16H15ClN2O2/c17-12-5-1-4-11(10-12)14-7-3-9-19(14)16(21)13-6-2-8-15(20)18-13/h1-2,4-6,8,10,14H,3,7,9H2,(H,18,20). The van der Waals surface area contributed by atoms with Gasteiger partial charge in [0.05, 0.1) is 6.04 Å². The van der Waals surface area contributed by atoms with Gasteiger partial charge in [0, 0.05) is 17.6 Å². The topological polar surface area (TPSA) is 53.2 Å². The highest BCUT2D eigenvalue weighted by Gasteiger charge is 2.30. The first-order valence-electron chi connectivity index (χ1n) is 6.91. The van der Waals surface area contributed by atoms with Crippen molar-refractivity contribution in [2.75, 3.05) is 6.54 Å². The predicted octanol–water partition coefficient (Wildman–Crippen LogP) is 3.01. The number of amides is 1. The summed E-state index contributed by atoms with van der Waals surface area (Å²) in [5.41, 5.74) is 1.10. The molecule has 1 aromatic heterocycles. The molecule has 3 rings (SSSR count). The zero-order valence-electron chi connectivity index (χ0n) is 11.4. The fraction of sp³-hybridized carbons (Fsp3) is 0.250. The van der Waals surface area contributed by atoms with Crippen LogP contribution in [-0.4, -0.2) is 22.3 Å². The van der Waals surface area contributed by atoms with Crippen LogP contribution in [-0.2, 0) is 0 Å². The van der Waals surface area contributed by atoms with Crippen molar-refractivity contribution in [1.29, 1.82) is 0 Å². The smallest absolute Gasteiger partial charge is 0.270 e. The van der Waals surface area contributed by atoms with Gasteiger partial charge in [-0.1, -0.05) is 29.8 Å². The second-order valence-electron chi connectivity index (χ2n) is 5.14. The lowest BCUT2D eigenvalue weighted by atomic mass is 10.0. The van der Waals surface area contributed by atoms with Crippen molar-refractivity contribution in [2.45, 2.75) is 18.9 Å². The number of aromatic amines is 1. The second-order valence-corrected chi connectivity index (χ2v) is 5.58. The summed E-state index contributed by atoms with van der Waals surface area (Å²) in [6.45, 7) is 0.687. The quantitative estimate of drug-likeness (QED) is 0.927. The van der Waals surface area contributed by atoms with E-state index < -0.39 is 0 Å². The molecule has 1 N–H and O–H groups in total. The van der Waals surface area contributed by atoms with E-state index in [0.29, 0.717) is 17.3 Å². The first-order chi connectivity index (χ1) is 10.1. The lowest BCUT2D eigenvalue weighted by molar-refractivity contribution is 0.0729. The van der Waals surface area contributed by atoms with Crippen LogP contribution < -0.4 is 5.56 Å². The first-order valence-corrected chi connectivity index (χ1v) is 7.29. The lowest BCUT2D eigenvalue weighted by Gasteiger charge is -2.25. The number of pyridine rings is 1. The van der Waals surface area contributed by atoms with Crippen molar-refractivity contribution in [3.8, 4) is 0 Å². The molecule has 1 saturated heterocycles. The van der Waals surface area contributed by atoms with E-state index in [1.165, 1.54) is 6.07 Å². The third-order valence-corrected chi connectivity index (χ3v) is 3.98. The largest absolute Gasteiger partial charge is 0.330 e. The summed E-state index contributed by atoms with van der Waals surface area (Å²) < 4.78 is 0. The van der Waals surface area contributed by atoms with Crippen LogP contribution >= 0.6 is 11.6 Å². The van der Waals surface area contributed by atoms with Crippen molar-refractivity contribution in [3.63, 3.8) is 0 Å². The van der Waals surface area contributed by atoms with E-state index in [-0.39, 0.29) is 17.5 Å². The first kappa shape index (κ1) is 13.9. The van der Waals surface area contributed by atoms with Crippen LogP contribution in [0.15, 0.2) is 47.3 Å². The Labute approximate surface area is 127 Å². The van der Waals surface area contributed by atoms with Crippen molar-refractivity contribution >= 4 is 17.5 Å². The van der Waals surface area contributed by atoms with E-state index >= 15 is 0 Å². The van der Waals surface area contributed by atoms with Gasteiger partial charge < -0.3 is 9.88 Å². The molecule has 1 amide bonds. The van der Waals surface area contributed by atoms with Gasteiger partial charge in [-0.2, -0.15) is 0 Å². The number of likely N-dealkylation sites (tertiary alicyclic amines) is 1. The highest BCUT2D eigenvalue weighted by molar-refractivity contribution is 6.30. The maximum Gasteiger partial charge on any atom is 0.270 e. The SMILES string of the molecule is O=C(c1cccc(=O)[nH]1)N1CCCC1c1cccc(Cl)c1. The molecule has 0 radical (unpaired) electrons. The summed E-state index contributed by atoms with van der Waals surface area (Å²) in [5.74, 6) is -0.143. The third-order valence-electron chi connectivity index (χ3n) is 3.75. The highest BCUT2D eigenvalue weighted by Crippen LogP contribution is 2.33. The Morgan fingerprint density at radius 1 is 1.24 bits per heavy atom. The van der Waals surface area contributed by atoms with Gasteiger partial charge in [-0.25, -0.2) is 0 Å². The van der Waals surface area contributed by atoms with Crippen molar-refractivity contribution in [3.05, 3.63) is 69.1 Å². The average molecular weight is 303 g/mol. The molecule has 4 nitrogen and oxygen atoms in total. The van der Waals surface area contributed by atoms with Crippen LogP contribution in [0.4, 0.5) is 0 Å². The zero-order chi connectivity index (χ0) is 14.8. The molecule has 108 valence electrons. The second kappa shape index (κ2) is 5.74. The zero-order valence-corrected chi connectivity index (χ0v) is 12.1. The Morgan fingerprint density at radius 3 is 2.81 bits per heavy atom. The normalized spacial score (nSPS) is 18.0. The Hall–Kier alpha value is -2.07. The van der Waals surface area contributed by atoms with Gasteiger partial charge in [-0.15, -0.1) is 0 Å². The molecule has 1 aliphatic heterocycles. The fourth-order valence-corrected chi connectivity index (χ4v) is 3.00. The van der Waals surface area contributed by atoms with Crippen molar-refractivity contribution in [1.82, 2.24) is 9.88 Å². The van der Waals surface area contributed by atoms with Gasteiger partial charge in [-0.05, 0) is 36.6 Å². The summed E-state index contributed by atoms with van der Waals surface area (Å²) in [6.07, 6.45) is 1.85. The van der Waals surface area contributed by atoms with E-state index in [0.717, 1.165) is 18.4 Å². The number of aromatic nitrogens is 1. The van der Waals surface area contributed by atoms with E-state index in [1.807, 2.05) is 24.3 Å². The van der Waals surface area contributed by atoms with Gasteiger partial charge in [0.15, 0.2) is 0 Å². The van der Waals surface area contributed by atoms with E-state index in [2.05, 4.69) is 4.98 Å². The van der Waals surface area contributed by atoms with Crippen LogP contribution in [0, 0.1) is 0 Å². The van der Waals surface area contributed by atoms with Crippen molar-refractivity contribution in [2.24, 2.45) is 0 Å². The molecule has 1 aliphatic rings. The molecule has 2 aromatic rings. The fourth-order valence-electron chi connectivity index (χ4n) is 2.80. The molecule has 0 saturated carbocycles. The minimum absolute atomic E-state index is 0.0138. The minimum atomic E-state index is -0.264. The summed E-state index contributed by atoms with van der Waals surface area (Å²) in [5, 5.41) is 0.667. The number of H-pyrrole nitrogens is 1. The Balaban J connectivity index is 1.90. The molecule has 1 fully saturated rings. The van der Waals surface area contributed by atoms with Crippen LogP contribution in [0.1, 0.15) is 34.9 Å². The molecule has 21 heavy (non-hydrogen) atoms. The molecular weight excluding hydrogens is 288 g/mol. The summed E-state index contributed by atoms with van der Waals surface area (Å²) in [4.78, 5) is 28.3. The molecule has 2 heterocycles. The van der Waals surface area contributed by atoms with Gasteiger partial charge in [0.2, 0.25) is 5.56 Å². The number of hydrogen-bond acceptors (Lipinski definition) is 2. The summed E-state index contributed by atoms with van der Waals surface area (Å²) >= 11 is 6.04. The van der Waals surface area contributed by atoms with E-state index in [9.17, 15) is 9.59 Å². The van der Waals surface area contributed by atoms with Gasteiger partial charge in [0.25, 0.3) is 5.91 Å².